The second kappa shape index (κ2) is 4.95. The van der Waals surface area contributed by atoms with Gasteiger partial charge in [0.25, 0.3) is 0 Å². The van der Waals surface area contributed by atoms with Crippen LogP contribution in [0, 0.1) is 0 Å². The second-order valence-electron chi connectivity index (χ2n) is 3.90. The highest BCUT2D eigenvalue weighted by atomic mass is 19.4. The third-order valence-corrected chi connectivity index (χ3v) is 2.47. The van der Waals surface area contributed by atoms with Crippen LogP contribution in [-0.4, -0.2) is 11.3 Å². The molecular formula is C11H7F6N3O. The summed E-state index contributed by atoms with van der Waals surface area (Å²) >= 11 is 0. The standard InChI is InChI=1S/C11H7F6N3O/c12-10(13,14)8-4-6(20-18)5-2-1-3-7(9(5)19-8)21-11(15,16)17/h1-4H,18H2,(H,19,20). The Morgan fingerprint density at radius 2 is 1.76 bits per heavy atom. The van der Waals surface area contributed by atoms with Crippen LogP contribution in [0.1, 0.15) is 5.69 Å². The quantitative estimate of drug-likeness (QED) is 0.507. The van der Waals surface area contributed by atoms with Crippen molar-refractivity contribution in [2.45, 2.75) is 12.5 Å². The molecule has 2 aromatic rings. The molecule has 21 heavy (non-hydrogen) atoms. The molecular weight excluding hydrogens is 304 g/mol. The maximum atomic E-state index is 12.7. The summed E-state index contributed by atoms with van der Waals surface area (Å²) < 4.78 is 78.6. The summed E-state index contributed by atoms with van der Waals surface area (Å²) in [5.74, 6) is 4.25. The SMILES string of the molecule is NNc1cc(C(F)(F)F)nc2c(OC(F)(F)F)cccc12. The van der Waals surface area contributed by atoms with Gasteiger partial charge in [-0.3, -0.25) is 5.84 Å². The lowest BCUT2D eigenvalue weighted by Gasteiger charge is -2.15. The van der Waals surface area contributed by atoms with Gasteiger partial charge in [0, 0.05) is 5.39 Å². The summed E-state index contributed by atoms with van der Waals surface area (Å²) in [5.41, 5.74) is -0.214. The van der Waals surface area contributed by atoms with Crippen LogP contribution in [0.25, 0.3) is 10.9 Å². The van der Waals surface area contributed by atoms with Gasteiger partial charge < -0.3 is 10.2 Å². The number of fused-ring (bicyclic) bond motifs is 1. The number of anilines is 1. The molecule has 4 nitrogen and oxygen atoms in total. The lowest BCUT2D eigenvalue weighted by Crippen LogP contribution is -2.18. The molecule has 0 radical (unpaired) electrons. The van der Waals surface area contributed by atoms with Crippen molar-refractivity contribution in [2.24, 2.45) is 5.84 Å². The summed E-state index contributed by atoms with van der Waals surface area (Å²) in [7, 11) is 0. The van der Waals surface area contributed by atoms with E-state index in [9.17, 15) is 26.3 Å². The number of halogens is 6. The monoisotopic (exact) mass is 311 g/mol. The third-order valence-electron chi connectivity index (χ3n) is 2.47. The Hall–Kier alpha value is -2.23. The van der Waals surface area contributed by atoms with Gasteiger partial charge in [-0.25, -0.2) is 4.98 Å². The molecule has 1 aromatic heterocycles. The molecule has 0 bridgehead atoms. The Balaban J connectivity index is 2.72. The van der Waals surface area contributed by atoms with Crippen molar-refractivity contribution in [3.63, 3.8) is 0 Å². The van der Waals surface area contributed by atoms with Gasteiger partial charge in [-0.05, 0) is 12.1 Å². The Kier molecular flexibility index (Phi) is 3.58. The largest absolute Gasteiger partial charge is 0.573 e. The fraction of sp³-hybridized carbons (Fsp3) is 0.182. The minimum Gasteiger partial charge on any atom is -0.403 e. The number of pyridine rings is 1. The topological polar surface area (TPSA) is 60.2 Å². The van der Waals surface area contributed by atoms with Crippen molar-refractivity contribution in [2.75, 3.05) is 5.43 Å². The number of ether oxygens (including phenoxy) is 1. The van der Waals surface area contributed by atoms with E-state index in [1.54, 1.807) is 0 Å². The smallest absolute Gasteiger partial charge is 0.403 e. The van der Waals surface area contributed by atoms with Crippen molar-refractivity contribution >= 4 is 16.6 Å². The van der Waals surface area contributed by atoms with Gasteiger partial charge >= 0.3 is 12.5 Å². The van der Waals surface area contributed by atoms with Gasteiger partial charge in [-0.2, -0.15) is 13.2 Å². The number of hydrazine groups is 1. The molecule has 0 aliphatic heterocycles. The maximum Gasteiger partial charge on any atom is 0.573 e. The molecule has 0 atom stereocenters. The Labute approximate surface area is 113 Å². The highest BCUT2D eigenvalue weighted by molar-refractivity contribution is 5.95. The van der Waals surface area contributed by atoms with Gasteiger partial charge in [0.1, 0.15) is 11.2 Å². The number of para-hydroxylation sites is 1. The zero-order valence-corrected chi connectivity index (χ0v) is 10.0. The highest BCUT2D eigenvalue weighted by Crippen LogP contribution is 2.37. The number of hydrogen-bond donors (Lipinski definition) is 2. The lowest BCUT2D eigenvalue weighted by atomic mass is 10.1. The predicted octanol–water partition coefficient (Wildman–Crippen LogP) is 3.44. The van der Waals surface area contributed by atoms with E-state index in [2.05, 4.69) is 9.72 Å². The van der Waals surface area contributed by atoms with Crippen LogP contribution >= 0.6 is 0 Å². The van der Waals surface area contributed by atoms with E-state index in [-0.39, 0.29) is 11.1 Å². The molecule has 0 fully saturated rings. The number of nitrogens with zero attached hydrogens (tertiary/aromatic N) is 1. The summed E-state index contributed by atoms with van der Waals surface area (Å²) in [6.45, 7) is 0. The number of alkyl halides is 6. The molecule has 3 N–H and O–H groups in total. The van der Waals surface area contributed by atoms with E-state index in [1.807, 2.05) is 5.43 Å². The second-order valence-corrected chi connectivity index (χ2v) is 3.90. The van der Waals surface area contributed by atoms with Crippen LogP contribution in [-0.2, 0) is 6.18 Å². The van der Waals surface area contributed by atoms with Gasteiger partial charge in [-0.1, -0.05) is 12.1 Å². The molecule has 10 heteroatoms. The Bertz CT molecular complexity index is 667. The minimum atomic E-state index is -5.06. The van der Waals surface area contributed by atoms with Crippen LogP contribution in [0.3, 0.4) is 0 Å². The van der Waals surface area contributed by atoms with Crippen LogP contribution in [0.5, 0.6) is 5.75 Å². The van der Waals surface area contributed by atoms with E-state index < -0.39 is 29.5 Å². The molecule has 0 saturated carbocycles. The van der Waals surface area contributed by atoms with Crippen LogP contribution in [0.4, 0.5) is 32.0 Å². The molecule has 114 valence electrons. The van der Waals surface area contributed by atoms with E-state index in [4.69, 9.17) is 5.84 Å². The molecule has 0 aliphatic carbocycles. The first kappa shape index (κ1) is 15.2. The number of aromatic nitrogens is 1. The molecule has 1 aromatic carbocycles. The first-order valence-corrected chi connectivity index (χ1v) is 5.35. The van der Waals surface area contributed by atoms with Crippen molar-refractivity contribution in [1.82, 2.24) is 4.98 Å². The summed E-state index contributed by atoms with van der Waals surface area (Å²) in [6.07, 6.45) is -9.90. The van der Waals surface area contributed by atoms with Crippen molar-refractivity contribution in [3.8, 4) is 5.75 Å². The van der Waals surface area contributed by atoms with E-state index in [1.165, 1.54) is 12.1 Å². The molecule has 0 aliphatic rings. The molecule has 2 rings (SSSR count). The van der Waals surface area contributed by atoms with Gasteiger partial charge in [-0.15, -0.1) is 13.2 Å². The lowest BCUT2D eigenvalue weighted by molar-refractivity contribution is -0.274. The zero-order valence-electron chi connectivity index (χ0n) is 10.0. The minimum absolute atomic E-state index is 0.0350. The van der Waals surface area contributed by atoms with Gasteiger partial charge in [0.2, 0.25) is 0 Å². The van der Waals surface area contributed by atoms with E-state index in [0.29, 0.717) is 6.07 Å². The van der Waals surface area contributed by atoms with Crippen molar-refractivity contribution in [1.29, 1.82) is 0 Å². The van der Waals surface area contributed by atoms with E-state index >= 15 is 0 Å². The summed E-state index contributed by atoms with van der Waals surface area (Å²) in [6, 6.07) is 3.91. The first-order valence-electron chi connectivity index (χ1n) is 5.35. The Morgan fingerprint density at radius 3 is 2.29 bits per heavy atom. The maximum absolute atomic E-state index is 12.7. The number of rotatable bonds is 2. The predicted molar refractivity (Wildman–Crippen MR) is 61.2 cm³/mol. The summed E-state index contributed by atoms with van der Waals surface area (Å²) in [4.78, 5) is 3.19. The highest BCUT2D eigenvalue weighted by Gasteiger charge is 2.35. The van der Waals surface area contributed by atoms with Gasteiger partial charge in [0.15, 0.2) is 5.75 Å². The van der Waals surface area contributed by atoms with Crippen molar-refractivity contribution < 1.29 is 31.1 Å². The Morgan fingerprint density at radius 1 is 1.10 bits per heavy atom. The molecule has 0 amide bonds. The molecule has 0 unspecified atom stereocenters. The average molecular weight is 311 g/mol. The average Bonchev–Trinajstić information content (AvgIpc) is 2.35. The normalized spacial score (nSPS) is 12.5. The van der Waals surface area contributed by atoms with Crippen LogP contribution in [0.2, 0.25) is 0 Å². The molecule has 0 spiro atoms. The fourth-order valence-electron chi connectivity index (χ4n) is 1.69. The van der Waals surface area contributed by atoms with Crippen molar-refractivity contribution in [3.05, 3.63) is 30.0 Å². The number of nitrogen functional groups attached to an aromatic ring is 1. The summed E-state index contributed by atoms with van der Waals surface area (Å²) in [5, 5.41) is -0.0350. The fourth-order valence-corrected chi connectivity index (χ4v) is 1.69. The first-order chi connectivity index (χ1) is 9.62. The van der Waals surface area contributed by atoms with Gasteiger partial charge in [0.05, 0.1) is 5.69 Å². The van der Waals surface area contributed by atoms with E-state index in [0.717, 1.165) is 6.07 Å². The number of nitrogens with two attached hydrogens (primary N) is 1. The number of hydrogen-bond acceptors (Lipinski definition) is 4. The number of benzene rings is 1. The van der Waals surface area contributed by atoms with Crippen LogP contribution < -0.4 is 16.0 Å². The number of nitrogens with one attached hydrogen (secondary N) is 1. The molecule has 0 saturated heterocycles. The zero-order chi connectivity index (χ0) is 15.8. The third kappa shape index (κ3) is 3.27. The van der Waals surface area contributed by atoms with Crippen LogP contribution in [0.15, 0.2) is 24.3 Å². The molecule has 1 heterocycles.